The first-order valence-electron chi connectivity index (χ1n) is 6.99. The lowest BCUT2D eigenvalue weighted by Gasteiger charge is -2.08. The monoisotopic (exact) mass is 315 g/mol. The number of ether oxygens (including phenoxy) is 1. The van der Waals surface area contributed by atoms with Crippen LogP contribution in [0.3, 0.4) is 0 Å². The molecule has 0 spiro atoms. The summed E-state index contributed by atoms with van der Waals surface area (Å²) >= 11 is 0. The van der Waals surface area contributed by atoms with Gasteiger partial charge in [0.25, 0.3) is 11.6 Å². The van der Waals surface area contributed by atoms with Crippen molar-refractivity contribution in [3.63, 3.8) is 0 Å². The standard InChI is InChI=1S/C16H17N3O4/c1-11-3-2-4-13(9-11)23-8-7-18-16(20)12-5-6-14(17)15(10-12)19(21)22/h2-6,9-10H,7-8,17H2,1H3,(H,18,20). The Hall–Kier alpha value is -3.09. The lowest BCUT2D eigenvalue weighted by Crippen LogP contribution is -2.28. The van der Waals surface area contributed by atoms with Gasteiger partial charge in [-0.25, -0.2) is 0 Å². The van der Waals surface area contributed by atoms with Crippen molar-refractivity contribution in [1.29, 1.82) is 0 Å². The fourth-order valence-electron chi connectivity index (χ4n) is 1.98. The van der Waals surface area contributed by atoms with E-state index in [2.05, 4.69) is 5.32 Å². The fourth-order valence-corrected chi connectivity index (χ4v) is 1.98. The first-order valence-corrected chi connectivity index (χ1v) is 6.99. The summed E-state index contributed by atoms with van der Waals surface area (Å²) in [4.78, 5) is 22.2. The zero-order chi connectivity index (χ0) is 16.8. The summed E-state index contributed by atoms with van der Waals surface area (Å²) in [5.41, 5.74) is 6.50. The van der Waals surface area contributed by atoms with Gasteiger partial charge in [0.1, 0.15) is 18.0 Å². The zero-order valence-corrected chi connectivity index (χ0v) is 12.6. The number of benzene rings is 2. The normalized spacial score (nSPS) is 10.1. The molecule has 0 radical (unpaired) electrons. The SMILES string of the molecule is Cc1cccc(OCCNC(=O)c2ccc(N)c([N+](=O)[O-])c2)c1. The first-order chi connectivity index (χ1) is 11.0. The molecule has 0 heterocycles. The van der Waals surface area contributed by atoms with Gasteiger partial charge in [-0.2, -0.15) is 0 Å². The maximum atomic E-state index is 12.0. The molecule has 2 rings (SSSR count). The lowest BCUT2D eigenvalue weighted by molar-refractivity contribution is -0.383. The second-order valence-corrected chi connectivity index (χ2v) is 4.95. The molecular weight excluding hydrogens is 298 g/mol. The molecule has 23 heavy (non-hydrogen) atoms. The summed E-state index contributed by atoms with van der Waals surface area (Å²) in [7, 11) is 0. The number of nitrogen functional groups attached to an aromatic ring is 1. The number of nitrogens with zero attached hydrogens (tertiary/aromatic N) is 1. The molecule has 0 fully saturated rings. The van der Waals surface area contributed by atoms with Crippen molar-refractivity contribution in [3.8, 4) is 5.75 Å². The maximum absolute atomic E-state index is 12.0. The average molecular weight is 315 g/mol. The molecule has 0 aliphatic heterocycles. The van der Waals surface area contributed by atoms with Crippen LogP contribution >= 0.6 is 0 Å². The average Bonchev–Trinajstić information content (AvgIpc) is 2.51. The highest BCUT2D eigenvalue weighted by Gasteiger charge is 2.15. The van der Waals surface area contributed by atoms with E-state index in [0.29, 0.717) is 6.61 Å². The lowest BCUT2D eigenvalue weighted by atomic mass is 10.1. The van der Waals surface area contributed by atoms with Gasteiger partial charge in [0.15, 0.2) is 0 Å². The van der Waals surface area contributed by atoms with Crippen LogP contribution < -0.4 is 15.8 Å². The largest absolute Gasteiger partial charge is 0.492 e. The van der Waals surface area contributed by atoms with Gasteiger partial charge >= 0.3 is 0 Å². The Morgan fingerprint density at radius 2 is 2.09 bits per heavy atom. The number of carbonyl (C=O) groups excluding carboxylic acids is 1. The van der Waals surface area contributed by atoms with Gasteiger partial charge in [-0.15, -0.1) is 0 Å². The van der Waals surface area contributed by atoms with Crippen molar-refractivity contribution in [1.82, 2.24) is 5.32 Å². The van der Waals surface area contributed by atoms with Gasteiger partial charge < -0.3 is 15.8 Å². The molecule has 1 amide bonds. The Kier molecular flexibility index (Phi) is 5.14. The summed E-state index contributed by atoms with van der Waals surface area (Å²) < 4.78 is 5.51. The van der Waals surface area contributed by atoms with Crippen molar-refractivity contribution in [2.45, 2.75) is 6.92 Å². The number of aryl methyl sites for hydroxylation is 1. The number of nitro groups is 1. The van der Waals surface area contributed by atoms with Crippen molar-refractivity contribution < 1.29 is 14.5 Å². The van der Waals surface area contributed by atoms with Gasteiger partial charge in [0.2, 0.25) is 0 Å². The van der Waals surface area contributed by atoms with E-state index in [4.69, 9.17) is 10.5 Å². The van der Waals surface area contributed by atoms with E-state index in [-0.39, 0.29) is 23.5 Å². The number of rotatable bonds is 6. The molecule has 7 heteroatoms. The number of nitrogens with one attached hydrogen (secondary N) is 1. The summed E-state index contributed by atoms with van der Waals surface area (Å²) in [6.07, 6.45) is 0. The van der Waals surface area contributed by atoms with Crippen LogP contribution in [0.5, 0.6) is 5.75 Å². The minimum Gasteiger partial charge on any atom is -0.492 e. The predicted octanol–water partition coefficient (Wildman–Crippen LogP) is 2.29. The second-order valence-electron chi connectivity index (χ2n) is 4.95. The number of amides is 1. The van der Waals surface area contributed by atoms with Crippen LogP contribution in [0.1, 0.15) is 15.9 Å². The summed E-state index contributed by atoms with van der Waals surface area (Å²) in [5.74, 6) is 0.309. The molecule has 0 aliphatic carbocycles. The highest BCUT2D eigenvalue weighted by molar-refractivity contribution is 5.95. The van der Waals surface area contributed by atoms with Crippen LogP contribution in [0.15, 0.2) is 42.5 Å². The molecule has 0 saturated carbocycles. The smallest absolute Gasteiger partial charge is 0.292 e. The van der Waals surface area contributed by atoms with Crippen molar-refractivity contribution in [2.75, 3.05) is 18.9 Å². The summed E-state index contributed by atoms with van der Waals surface area (Å²) in [6.45, 7) is 2.54. The van der Waals surface area contributed by atoms with E-state index < -0.39 is 10.8 Å². The maximum Gasteiger partial charge on any atom is 0.292 e. The molecule has 3 N–H and O–H groups in total. The van der Waals surface area contributed by atoms with Gasteiger partial charge in [-0.05, 0) is 36.8 Å². The number of anilines is 1. The number of nitro benzene ring substituents is 1. The van der Waals surface area contributed by atoms with E-state index in [0.717, 1.165) is 17.4 Å². The topological polar surface area (TPSA) is 107 Å². The van der Waals surface area contributed by atoms with Gasteiger partial charge in [-0.1, -0.05) is 12.1 Å². The second kappa shape index (κ2) is 7.26. The third-order valence-corrected chi connectivity index (χ3v) is 3.14. The van der Waals surface area contributed by atoms with Gasteiger partial charge in [0.05, 0.1) is 11.5 Å². The number of hydrogen-bond donors (Lipinski definition) is 2. The third-order valence-electron chi connectivity index (χ3n) is 3.14. The molecule has 0 atom stereocenters. The predicted molar refractivity (Wildman–Crippen MR) is 86.5 cm³/mol. The number of nitrogens with two attached hydrogens (primary N) is 1. The minimum absolute atomic E-state index is 0.0225. The van der Waals surface area contributed by atoms with E-state index in [9.17, 15) is 14.9 Å². The van der Waals surface area contributed by atoms with E-state index in [1.54, 1.807) is 0 Å². The molecule has 0 aliphatic rings. The Balaban J connectivity index is 1.88. The highest BCUT2D eigenvalue weighted by atomic mass is 16.6. The van der Waals surface area contributed by atoms with Crippen molar-refractivity contribution in [2.24, 2.45) is 0 Å². The van der Waals surface area contributed by atoms with Crippen LogP contribution in [0.2, 0.25) is 0 Å². The fraction of sp³-hybridized carbons (Fsp3) is 0.188. The molecule has 2 aromatic rings. The molecule has 0 saturated heterocycles. The van der Waals surface area contributed by atoms with Crippen LogP contribution in [-0.4, -0.2) is 24.0 Å². The van der Waals surface area contributed by atoms with Gasteiger partial charge in [0, 0.05) is 11.6 Å². The molecule has 2 aromatic carbocycles. The highest BCUT2D eigenvalue weighted by Crippen LogP contribution is 2.22. The minimum atomic E-state index is -0.618. The summed E-state index contributed by atoms with van der Waals surface area (Å²) in [6, 6.07) is 11.5. The van der Waals surface area contributed by atoms with Crippen molar-refractivity contribution in [3.05, 3.63) is 63.7 Å². The van der Waals surface area contributed by atoms with E-state index >= 15 is 0 Å². The van der Waals surface area contributed by atoms with Crippen LogP contribution in [0.4, 0.5) is 11.4 Å². The van der Waals surface area contributed by atoms with Crippen LogP contribution in [0, 0.1) is 17.0 Å². The molecule has 0 aromatic heterocycles. The van der Waals surface area contributed by atoms with Crippen LogP contribution in [0.25, 0.3) is 0 Å². The molecule has 0 unspecified atom stereocenters. The third kappa shape index (κ3) is 4.44. The van der Waals surface area contributed by atoms with E-state index in [1.807, 2.05) is 31.2 Å². The van der Waals surface area contributed by atoms with Crippen LogP contribution in [-0.2, 0) is 0 Å². The number of hydrogen-bond acceptors (Lipinski definition) is 5. The molecule has 7 nitrogen and oxygen atoms in total. The Morgan fingerprint density at radius 1 is 1.30 bits per heavy atom. The Morgan fingerprint density at radius 3 is 2.78 bits per heavy atom. The zero-order valence-electron chi connectivity index (χ0n) is 12.6. The Bertz CT molecular complexity index is 731. The summed E-state index contributed by atoms with van der Waals surface area (Å²) in [5, 5.41) is 13.5. The molecule has 0 bridgehead atoms. The molecular formula is C16H17N3O4. The first kappa shape index (κ1) is 16.3. The van der Waals surface area contributed by atoms with Gasteiger partial charge in [-0.3, -0.25) is 14.9 Å². The number of carbonyl (C=O) groups is 1. The molecule has 120 valence electrons. The van der Waals surface area contributed by atoms with E-state index in [1.165, 1.54) is 12.1 Å². The van der Waals surface area contributed by atoms with Crippen molar-refractivity contribution >= 4 is 17.3 Å². The quantitative estimate of drug-likeness (QED) is 0.368. The Labute approximate surface area is 133 Å².